The molecule has 0 saturated carbocycles. The Kier molecular flexibility index (Phi) is 4.66. The number of halogens is 1. The largest absolute Gasteiger partial charge is 0.385 e. The maximum atomic E-state index is 6.00. The first-order chi connectivity index (χ1) is 8.79. The third kappa shape index (κ3) is 3.51. The second kappa shape index (κ2) is 6.46. The molecule has 0 radical (unpaired) electrons. The highest BCUT2D eigenvalue weighted by molar-refractivity contribution is 6.30. The van der Waals surface area contributed by atoms with E-state index in [1.54, 1.807) is 0 Å². The smallest absolute Gasteiger partial charge is 0.0412 e. The van der Waals surface area contributed by atoms with E-state index in [9.17, 15) is 0 Å². The minimum Gasteiger partial charge on any atom is -0.385 e. The molecule has 0 aliphatic heterocycles. The van der Waals surface area contributed by atoms with Crippen molar-refractivity contribution in [2.24, 2.45) is 0 Å². The third-order valence-electron chi connectivity index (χ3n) is 2.90. The van der Waals surface area contributed by atoms with Gasteiger partial charge in [0.15, 0.2) is 0 Å². The van der Waals surface area contributed by atoms with Crippen LogP contribution in [-0.4, -0.2) is 6.54 Å². The van der Waals surface area contributed by atoms with E-state index in [4.69, 9.17) is 11.6 Å². The molecular weight excluding hydrogens is 242 g/mol. The Labute approximate surface area is 114 Å². The van der Waals surface area contributed by atoms with Crippen LogP contribution < -0.4 is 5.32 Å². The molecule has 2 aromatic rings. The SMILES string of the molecule is CCCCNc1ccc(-c2cccc(Cl)c2)cc1. The Balaban J connectivity index is 2.07. The van der Waals surface area contributed by atoms with Gasteiger partial charge in [0.25, 0.3) is 0 Å². The minimum absolute atomic E-state index is 0.776. The van der Waals surface area contributed by atoms with Gasteiger partial charge in [-0.1, -0.05) is 49.2 Å². The number of nitrogens with one attached hydrogen (secondary N) is 1. The van der Waals surface area contributed by atoms with Gasteiger partial charge in [0.05, 0.1) is 0 Å². The molecule has 0 aromatic heterocycles. The number of anilines is 1. The van der Waals surface area contributed by atoms with E-state index in [0.717, 1.165) is 17.1 Å². The molecule has 1 N–H and O–H groups in total. The minimum atomic E-state index is 0.776. The first-order valence-electron chi connectivity index (χ1n) is 6.39. The molecular formula is C16H18ClN. The monoisotopic (exact) mass is 259 g/mol. The van der Waals surface area contributed by atoms with Crippen LogP contribution in [0.3, 0.4) is 0 Å². The highest BCUT2D eigenvalue weighted by Crippen LogP contribution is 2.24. The van der Waals surface area contributed by atoms with Crippen molar-refractivity contribution in [3.8, 4) is 11.1 Å². The number of hydrogen-bond acceptors (Lipinski definition) is 1. The quantitative estimate of drug-likeness (QED) is 0.726. The van der Waals surface area contributed by atoms with Crippen LogP contribution >= 0.6 is 11.6 Å². The zero-order chi connectivity index (χ0) is 12.8. The lowest BCUT2D eigenvalue weighted by Crippen LogP contribution is -2.00. The maximum Gasteiger partial charge on any atom is 0.0412 e. The standard InChI is InChI=1S/C16H18ClN/c1-2-3-11-18-16-9-7-13(8-10-16)14-5-4-6-15(17)12-14/h4-10,12,18H,2-3,11H2,1H3. The van der Waals surface area contributed by atoms with Crippen LogP contribution in [0.15, 0.2) is 48.5 Å². The van der Waals surface area contributed by atoms with Gasteiger partial charge in [-0.2, -0.15) is 0 Å². The van der Waals surface area contributed by atoms with Gasteiger partial charge in [0, 0.05) is 17.3 Å². The molecule has 0 unspecified atom stereocenters. The zero-order valence-corrected chi connectivity index (χ0v) is 11.4. The highest BCUT2D eigenvalue weighted by Gasteiger charge is 1.98. The highest BCUT2D eigenvalue weighted by atomic mass is 35.5. The summed E-state index contributed by atoms with van der Waals surface area (Å²) in [5.74, 6) is 0. The van der Waals surface area contributed by atoms with Crippen LogP contribution in [0.25, 0.3) is 11.1 Å². The fourth-order valence-corrected chi connectivity index (χ4v) is 2.05. The summed E-state index contributed by atoms with van der Waals surface area (Å²) in [7, 11) is 0. The van der Waals surface area contributed by atoms with Crippen LogP contribution in [0.5, 0.6) is 0 Å². The molecule has 0 saturated heterocycles. The summed E-state index contributed by atoms with van der Waals surface area (Å²) in [6.07, 6.45) is 2.42. The van der Waals surface area contributed by atoms with E-state index in [0.29, 0.717) is 0 Å². The molecule has 0 amide bonds. The summed E-state index contributed by atoms with van der Waals surface area (Å²) in [6.45, 7) is 3.23. The fraction of sp³-hybridized carbons (Fsp3) is 0.250. The van der Waals surface area contributed by atoms with Crippen LogP contribution in [0.1, 0.15) is 19.8 Å². The van der Waals surface area contributed by atoms with Crippen molar-refractivity contribution < 1.29 is 0 Å². The Morgan fingerprint density at radius 1 is 1.00 bits per heavy atom. The van der Waals surface area contributed by atoms with Crippen LogP contribution in [0, 0.1) is 0 Å². The van der Waals surface area contributed by atoms with Gasteiger partial charge in [-0.05, 0) is 41.8 Å². The van der Waals surface area contributed by atoms with Gasteiger partial charge in [0.2, 0.25) is 0 Å². The van der Waals surface area contributed by atoms with Crippen molar-refractivity contribution in [2.75, 3.05) is 11.9 Å². The van der Waals surface area contributed by atoms with Crippen molar-refractivity contribution in [1.82, 2.24) is 0 Å². The summed E-state index contributed by atoms with van der Waals surface area (Å²) in [4.78, 5) is 0. The van der Waals surface area contributed by atoms with Gasteiger partial charge in [-0.3, -0.25) is 0 Å². The molecule has 2 rings (SSSR count). The van der Waals surface area contributed by atoms with Gasteiger partial charge in [-0.25, -0.2) is 0 Å². The molecule has 0 fully saturated rings. The van der Waals surface area contributed by atoms with Crippen molar-refractivity contribution >= 4 is 17.3 Å². The van der Waals surface area contributed by atoms with E-state index in [1.807, 2.05) is 18.2 Å². The number of rotatable bonds is 5. The Morgan fingerprint density at radius 3 is 2.44 bits per heavy atom. The van der Waals surface area contributed by atoms with Crippen molar-refractivity contribution in [2.45, 2.75) is 19.8 Å². The average Bonchev–Trinajstić information content (AvgIpc) is 2.40. The fourth-order valence-electron chi connectivity index (χ4n) is 1.86. The lowest BCUT2D eigenvalue weighted by atomic mass is 10.1. The number of hydrogen-bond donors (Lipinski definition) is 1. The maximum absolute atomic E-state index is 6.00. The summed E-state index contributed by atoms with van der Waals surface area (Å²) in [6, 6.07) is 16.4. The zero-order valence-electron chi connectivity index (χ0n) is 10.6. The van der Waals surface area contributed by atoms with Crippen LogP contribution in [0.2, 0.25) is 5.02 Å². The Morgan fingerprint density at radius 2 is 1.78 bits per heavy atom. The van der Waals surface area contributed by atoms with Crippen LogP contribution in [0.4, 0.5) is 5.69 Å². The summed E-state index contributed by atoms with van der Waals surface area (Å²) >= 11 is 6.00. The Bertz CT molecular complexity index is 491. The molecule has 0 atom stereocenters. The Hall–Kier alpha value is -1.47. The molecule has 0 spiro atoms. The predicted octanol–water partition coefficient (Wildman–Crippen LogP) is 5.22. The molecule has 0 bridgehead atoms. The molecule has 0 aliphatic carbocycles. The molecule has 0 heterocycles. The topological polar surface area (TPSA) is 12.0 Å². The molecule has 18 heavy (non-hydrogen) atoms. The molecule has 2 aromatic carbocycles. The second-order valence-corrected chi connectivity index (χ2v) is 4.80. The van der Waals surface area contributed by atoms with Gasteiger partial charge >= 0.3 is 0 Å². The lowest BCUT2D eigenvalue weighted by molar-refractivity contribution is 0.834. The van der Waals surface area contributed by atoms with E-state index in [-0.39, 0.29) is 0 Å². The number of benzene rings is 2. The van der Waals surface area contributed by atoms with Crippen molar-refractivity contribution in [1.29, 1.82) is 0 Å². The van der Waals surface area contributed by atoms with E-state index >= 15 is 0 Å². The average molecular weight is 260 g/mol. The molecule has 2 heteroatoms. The molecule has 1 nitrogen and oxygen atoms in total. The first kappa shape index (κ1) is 13.0. The normalized spacial score (nSPS) is 10.3. The van der Waals surface area contributed by atoms with Gasteiger partial charge < -0.3 is 5.32 Å². The number of unbranched alkanes of at least 4 members (excludes halogenated alkanes) is 1. The third-order valence-corrected chi connectivity index (χ3v) is 3.14. The van der Waals surface area contributed by atoms with Gasteiger partial charge in [-0.15, -0.1) is 0 Å². The second-order valence-electron chi connectivity index (χ2n) is 4.37. The molecule has 0 aliphatic rings. The van der Waals surface area contributed by atoms with Crippen molar-refractivity contribution in [3.63, 3.8) is 0 Å². The van der Waals surface area contributed by atoms with E-state index < -0.39 is 0 Å². The van der Waals surface area contributed by atoms with E-state index in [2.05, 4.69) is 42.6 Å². The summed E-state index contributed by atoms with van der Waals surface area (Å²) in [5.41, 5.74) is 3.52. The summed E-state index contributed by atoms with van der Waals surface area (Å²) < 4.78 is 0. The van der Waals surface area contributed by atoms with E-state index in [1.165, 1.54) is 24.1 Å². The lowest BCUT2D eigenvalue weighted by Gasteiger charge is -2.07. The molecule has 94 valence electrons. The predicted molar refractivity (Wildman–Crippen MR) is 80.3 cm³/mol. The first-order valence-corrected chi connectivity index (χ1v) is 6.77. The summed E-state index contributed by atoms with van der Waals surface area (Å²) in [5, 5.41) is 4.19. The van der Waals surface area contributed by atoms with Gasteiger partial charge in [0.1, 0.15) is 0 Å². The van der Waals surface area contributed by atoms with Crippen molar-refractivity contribution in [3.05, 3.63) is 53.6 Å². The van der Waals surface area contributed by atoms with Crippen LogP contribution in [-0.2, 0) is 0 Å².